The van der Waals surface area contributed by atoms with Crippen molar-refractivity contribution in [2.24, 2.45) is 7.05 Å². The quantitative estimate of drug-likeness (QED) is 0.940. The Morgan fingerprint density at radius 2 is 2.28 bits per heavy atom. The van der Waals surface area contributed by atoms with Gasteiger partial charge in [0.05, 0.1) is 6.20 Å². The Kier molecular flexibility index (Phi) is 4.14. The Morgan fingerprint density at radius 1 is 1.50 bits per heavy atom. The van der Waals surface area contributed by atoms with E-state index in [0.29, 0.717) is 0 Å². The van der Waals surface area contributed by atoms with Crippen molar-refractivity contribution < 1.29 is 4.39 Å². The summed E-state index contributed by atoms with van der Waals surface area (Å²) in [4.78, 5) is 0. The second-order valence-electron chi connectivity index (χ2n) is 4.29. The van der Waals surface area contributed by atoms with Gasteiger partial charge in [0.2, 0.25) is 0 Å². The first kappa shape index (κ1) is 13.2. The van der Waals surface area contributed by atoms with Crippen LogP contribution in [0.15, 0.2) is 35.1 Å². The summed E-state index contributed by atoms with van der Waals surface area (Å²) in [7, 11) is 1.89. The lowest BCUT2D eigenvalue weighted by molar-refractivity contribution is 0.568. The molecular weight excluding hydrogens is 297 g/mol. The van der Waals surface area contributed by atoms with Gasteiger partial charge in [-0.05, 0) is 24.6 Å². The molecule has 0 bridgehead atoms. The molecule has 0 saturated carbocycles. The zero-order chi connectivity index (χ0) is 13.1. The largest absolute Gasteiger partial charge is 0.306 e. The molecule has 1 atom stereocenters. The molecule has 0 aliphatic heterocycles. The molecule has 1 heterocycles. The van der Waals surface area contributed by atoms with E-state index in [1.807, 2.05) is 26.4 Å². The minimum Gasteiger partial charge on any atom is -0.306 e. The smallest absolute Gasteiger partial charge is 0.124 e. The van der Waals surface area contributed by atoms with Gasteiger partial charge in [-0.25, -0.2) is 4.39 Å². The fourth-order valence-corrected chi connectivity index (χ4v) is 2.49. The van der Waals surface area contributed by atoms with Crippen molar-refractivity contribution in [2.45, 2.75) is 19.5 Å². The van der Waals surface area contributed by atoms with E-state index < -0.39 is 0 Å². The fourth-order valence-electron chi connectivity index (χ4n) is 1.80. The van der Waals surface area contributed by atoms with Crippen molar-refractivity contribution >= 4 is 15.9 Å². The van der Waals surface area contributed by atoms with Gasteiger partial charge < -0.3 is 5.32 Å². The molecule has 18 heavy (non-hydrogen) atoms. The van der Waals surface area contributed by atoms with Gasteiger partial charge in [0.25, 0.3) is 0 Å². The van der Waals surface area contributed by atoms with Crippen LogP contribution in [0.3, 0.4) is 0 Å². The van der Waals surface area contributed by atoms with Gasteiger partial charge in [-0.2, -0.15) is 5.10 Å². The predicted molar refractivity (Wildman–Crippen MR) is 72.6 cm³/mol. The van der Waals surface area contributed by atoms with E-state index in [4.69, 9.17) is 0 Å². The van der Waals surface area contributed by atoms with E-state index >= 15 is 0 Å². The van der Waals surface area contributed by atoms with Crippen LogP contribution < -0.4 is 5.32 Å². The van der Waals surface area contributed by atoms with E-state index in [9.17, 15) is 4.39 Å². The van der Waals surface area contributed by atoms with Crippen LogP contribution in [0, 0.1) is 5.82 Å². The van der Waals surface area contributed by atoms with Crippen molar-refractivity contribution in [3.8, 4) is 0 Å². The molecule has 1 N–H and O–H groups in total. The number of nitrogens with zero attached hydrogens (tertiary/aromatic N) is 2. The first-order valence-corrected chi connectivity index (χ1v) is 6.51. The normalized spacial score (nSPS) is 12.7. The minimum atomic E-state index is -0.231. The van der Waals surface area contributed by atoms with E-state index in [2.05, 4.69) is 26.3 Å². The van der Waals surface area contributed by atoms with Crippen LogP contribution in [0.4, 0.5) is 4.39 Å². The molecule has 1 aromatic heterocycles. The second-order valence-corrected chi connectivity index (χ2v) is 5.15. The van der Waals surface area contributed by atoms with E-state index in [0.717, 1.165) is 22.1 Å². The highest BCUT2D eigenvalue weighted by Gasteiger charge is 2.09. The van der Waals surface area contributed by atoms with E-state index in [-0.39, 0.29) is 11.9 Å². The molecule has 3 nitrogen and oxygen atoms in total. The molecule has 2 rings (SSSR count). The molecular formula is C13H15BrFN3. The Bertz CT molecular complexity index is 539. The van der Waals surface area contributed by atoms with Crippen molar-refractivity contribution in [1.82, 2.24) is 15.1 Å². The average molecular weight is 312 g/mol. The molecule has 0 spiro atoms. The van der Waals surface area contributed by atoms with Gasteiger partial charge in [-0.15, -0.1) is 0 Å². The van der Waals surface area contributed by atoms with Crippen LogP contribution in [-0.4, -0.2) is 9.78 Å². The number of benzene rings is 1. The molecule has 0 saturated heterocycles. The number of nitrogens with one attached hydrogen (secondary N) is 1. The topological polar surface area (TPSA) is 29.9 Å². The number of halogens is 2. The van der Waals surface area contributed by atoms with Crippen LogP contribution in [0.25, 0.3) is 0 Å². The molecule has 5 heteroatoms. The Hall–Kier alpha value is -1.20. The lowest BCUT2D eigenvalue weighted by atomic mass is 10.1. The summed E-state index contributed by atoms with van der Waals surface area (Å²) >= 11 is 3.38. The highest BCUT2D eigenvalue weighted by Crippen LogP contribution is 2.24. The van der Waals surface area contributed by atoms with E-state index in [1.54, 1.807) is 10.7 Å². The molecule has 0 amide bonds. The van der Waals surface area contributed by atoms with Gasteiger partial charge in [-0.1, -0.05) is 22.0 Å². The summed E-state index contributed by atoms with van der Waals surface area (Å²) < 4.78 is 15.6. The fraction of sp³-hybridized carbons (Fsp3) is 0.308. The molecule has 0 fully saturated rings. The summed E-state index contributed by atoms with van der Waals surface area (Å²) in [5, 5.41) is 7.50. The van der Waals surface area contributed by atoms with Gasteiger partial charge in [0, 0.05) is 35.9 Å². The lowest BCUT2D eigenvalue weighted by Gasteiger charge is -2.15. The third kappa shape index (κ3) is 3.17. The lowest BCUT2D eigenvalue weighted by Crippen LogP contribution is -2.18. The van der Waals surface area contributed by atoms with Gasteiger partial charge in [0.1, 0.15) is 5.82 Å². The van der Waals surface area contributed by atoms with Crippen molar-refractivity contribution in [2.75, 3.05) is 0 Å². The Balaban J connectivity index is 2.01. The number of hydrogen-bond acceptors (Lipinski definition) is 2. The number of aromatic nitrogens is 2. The first-order valence-electron chi connectivity index (χ1n) is 5.72. The molecule has 0 aliphatic rings. The molecule has 1 unspecified atom stereocenters. The van der Waals surface area contributed by atoms with Crippen LogP contribution in [-0.2, 0) is 13.6 Å². The van der Waals surface area contributed by atoms with Gasteiger partial charge >= 0.3 is 0 Å². The predicted octanol–water partition coefficient (Wildman–Crippen LogP) is 3.17. The van der Waals surface area contributed by atoms with Crippen LogP contribution in [0.1, 0.15) is 24.1 Å². The standard InChI is InChI=1S/C13H15BrFN3/c1-9(12-4-3-11(15)5-13(12)14)16-6-10-7-17-18(2)8-10/h3-5,7-9,16H,6H2,1-2H3. The molecule has 0 radical (unpaired) electrons. The molecule has 96 valence electrons. The molecule has 1 aromatic carbocycles. The summed E-state index contributed by atoms with van der Waals surface area (Å²) in [6.07, 6.45) is 3.80. The van der Waals surface area contributed by atoms with Crippen LogP contribution in [0.2, 0.25) is 0 Å². The summed E-state index contributed by atoms with van der Waals surface area (Å²) in [6.45, 7) is 2.78. The zero-order valence-electron chi connectivity index (χ0n) is 10.3. The third-order valence-electron chi connectivity index (χ3n) is 2.80. The third-order valence-corrected chi connectivity index (χ3v) is 3.49. The van der Waals surface area contributed by atoms with Gasteiger partial charge in [0.15, 0.2) is 0 Å². The Labute approximate surface area is 114 Å². The van der Waals surface area contributed by atoms with Crippen LogP contribution >= 0.6 is 15.9 Å². The SMILES string of the molecule is CC(NCc1cnn(C)c1)c1ccc(F)cc1Br. The molecule has 2 aromatic rings. The van der Waals surface area contributed by atoms with Crippen molar-refractivity contribution in [3.05, 3.63) is 52.0 Å². The number of aryl methyl sites for hydroxylation is 1. The van der Waals surface area contributed by atoms with Crippen molar-refractivity contribution in [1.29, 1.82) is 0 Å². The number of hydrogen-bond donors (Lipinski definition) is 1. The highest BCUT2D eigenvalue weighted by molar-refractivity contribution is 9.10. The summed E-state index contributed by atoms with van der Waals surface area (Å²) in [5.74, 6) is -0.231. The minimum absolute atomic E-state index is 0.139. The van der Waals surface area contributed by atoms with Crippen LogP contribution in [0.5, 0.6) is 0 Å². The van der Waals surface area contributed by atoms with Crippen molar-refractivity contribution in [3.63, 3.8) is 0 Å². The first-order chi connectivity index (χ1) is 8.56. The summed E-state index contributed by atoms with van der Waals surface area (Å²) in [5.41, 5.74) is 2.17. The average Bonchev–Trinajstić information content (AvgIpc) is 2.72. The Morgan fingerprint density at radius 3 is 2.89 bits per heavy atom. The molecule has 0 aliphatic carbocycles. The second kappa shape index (κ2) is 5.63. The summed E-state index contributed by atoms with van der Waals surface area (Å²) in [6, 6.07) is 4.89. The maximum atomic E-state index is 13.0. The monoisotopic (exact) mass is 311 g/mol. The highest BCUT2D eigenvalue weighted by atomic mass is 79.9. The number of rotatable bonds is 4. The van der Waals surface area contributed by atoms with Gasteiger partial charge in [-0.3, -0.25) is 4.68 Å². The van der Waals surface area contributed by atoms with E-state index in [1.165, 1.54) is 12.1 Å². The maximum Gasteiger partial charge on any atom is 0.124 e. The zero-order valence-corrected chi connectivity index (χ0v) is 11.9. The maximum absolute atomic E-state index is 13.0.